The van der Waals surface area contributed by atoms with Crippen molar-refractivity contribution in [1.29, 1.82) is 0 Å². The number of nitrogens with zero attached hydrogens (tertiary/aromatic N) is 4. The number of ether oxygens (including phenoxy) is 1. The Hall–Kier alpha value is -2.24. The molecule has 35 heavy (non-hydrogen) atoms. The number of anilines is 4. The molecule has 4 N–H and O–H groups in total. The first-order valence-electron chi connectivity index (χ1n) is 12.2. The molecule has 11 heteroatoms. The van der Waals surface area contributed by atoms with Crippen molar-refractivity contribution in [2.75, 3.05) is 34.9 Å². The molecule has 0 radical (unpaired) electrons. The highest BCUT2D eigenvalue weighted by atomic mass is 35.5. The van der Waals surface area contributed by atoms with Gasteiger partial charge in [-0.15, -0.1) is 0 Å². The van der Waals surface area contributed by atoms with E-state index in [9.17, 15) is 19.7 Å². The van der Waals surface area contributed by atoms with Crippen LogP contribution in [0.2, 0.25) is 5.28 Å². The van der Waals surface area contributed by atoms with Gasteiger partial charge in [0, 0.05) is 17.6 Å². The lowest BCUT2D eigenvalue weighted by Crippen LogP contribution is -2.44. The lowest BCUT2D eigenvalue weighted by atomic mass is 9.81. The van der Waals surface area contributed by atoms with E-state index in [-0.39, 0.29) is 23.2 Å². The molecule has 1 aromatic carbocycles. The molecule has 6 rings (SSSR count). The second-order valence-electron chi connectivity index (χ2n) is 9.28. The first-order valence-corrected chi connectivity index (χ1v) is 12.6. The maximum Gasteiger partial charge on any atom is 0.226 e. The Kier molecular flexibility index (Phi) is 6.52. The molecule has 0 amide bonds. The van der Waals surface area contributed by atoms with Crippen molar-refractivity contribution in [2.45, 2.75) is 69.5 Å². The summed E-state index contributed by atoms with van der Waals surface area (Å²) in [5, 5.41) is 33.5. The van der Waals surface area contributed by atoms with Gasteiger partial charge in [0.2, 0.25) is 5.28 Å². The van der Waals surface area contributed by atoms with Crippen molar-refractivity contribution in [3.63, 3.8) is 0 Å². The number of halogens is 2. The SMILES string of the molecule is CC.OCC1OC(N2CNc3c(N4CC5(CCCC5)c5cc(F)ccc54)nc(Cl)nc32)C(O)C1O. The van der Waals surface area contributed by atoms with Crippen LogP contribution in [0.1, 0.15) is 45.1 Å². The Labute approximate surface area is 208 Å². The quantitative estimate of drug-likeness (QED) is 0.465. The predicted molar refractivity (Wildman–Crippen MR) is 131 cm³/mol. The van der Waals surface area contributed by atoms with E-state index in [0.717, 1.165) is 36.9 Å². The Morgan fingerprint density at radius 3 is 2.57 bits per heavy atom. The second kappa shape index (κ2) is 9.33. The van der Waals surface area contributed by atoms with E-state index >= 15 is 0 Å². The van der Waals surface area contributed by atoms with Crippen LogP contribution in [0.4, 0.5) is 27.4 Å². The summed E-state index contributed by atoms with van der Waals surface area (Å²) in [6.07, 6.45) is -0.0773. The van der Waals surface area contributed by atoms with Crippen LogP contribution >= 0.6 is 11.6 Å². The van der Waals surface area contributed by atoms with Gasteiger partial charge in [-0.25, -0.2) is 4.39 Å². The number of fused-ring (bicyclic) bond motifs is 3. The molecule has 1 aliphatic carbocycles. The van der Waals surface area contributed by atoms with Crippen molar-refractivity contribution >= 4 is 34.6 Å². The normalized spacial score (nSPS) is 28.1. The fourth-order valence-corrected chi connectivity index (χ4v) is 6.03. The largest absolute Gasteiger partial charge is 0.394 e. The molecule has 9 nitrogen and oxygen atoms in total. The third-order valence-corrected chi connectivity index (χ3v) is 7.63. The zero-order valence-corrected chi connectivity index (χ0v) is 20.5. The van der Waals surface area contributed by atoms with Crippen molar-refractivity contribution in [3.05, 3.63) is 34.9 Å². The number of aliphatic hydroxyl groups is 3. The molecule has 0 bridgehead atoms. The van der Waals surface area contributed by atoms with Crippen molar-refractivity contribution in [3.8, 4) is 0 Å². The topological polar surface area (TPSA) is 114 Å². The number of aromatic nitrogens is 2. The van der Waals surface area contributed by atoms with E-state index < -0.39 is 31.1 Å². The molecular formula is C24H31ClFN5O4. The van der Waals surface area contributed by atoms with Crippen LogP contribution in [0.5, 0.6) is 0 Å². The average molecular weight is 508 g/mol. The fourth-order valence-electron chi connectivity index (χ4n) is 5.87. The minimum absolute atomic E-state index is 0.0280. The highest BCUT2D eigenvalue weighted by Gasteiger charge is 2.49. The van der Waals surface area contributed by atoms with E-state index in [1.165, 1.54) is 6.07 Å². The average Bonchev–Trinajstić information content (AvgIpc) is 3.63. The van der Waals surface area contributed by atoms with Gasteiger partial charge in [-0.05, 0) is 48.2 Å². The lowest BCUT2D eigenvalue weighted by molar-refractivity contribution is -0.0219. The minimum Gasteiger partial charge on any atom is -0.394 e. The molecule has 4 aliphatic rings. The molecule has 1 saturated carbocycles. The molecule has 4 atom stereocenters. The smallest absolute Gasteiger partial charge is 0.226 e. The van der Waals surface area contributed by atoms with E-state index in [1.807, 2.05) is 13.8 Å². The van der Waals surface area contributed by atoms with Crippen LogP contribution in [0.3, 0.4) is 0 Å². The molecule has 2 aromatic rings. The zero-order chi connectivity index (χ0) is 24.9. The number of hydrogen-bond acceptors (Lipinski definition) is 9. The Morgan fingerprint density at radius 2 is 1.89 bits per heavy atom. The van der Waals surface area contributed by atoms with Crippen LogP contribution in [-0.4, -0.2) is 69.6 Å². The summed E-state index contributed by atoms with van der Waals surface area (Å²) in [4.78, 5) is 12.6. The summed E-state index contributed by atoms with van der Waals surface area (Å²) >= 11 is 6.35. The Balaban J connectivity index is 0.00000124. The van der Waals surface area contributed by atoms with Crippen LogP contribution in [0, 0.1) is 5.82 Å². The first kappa shape index (κ1) is 24.5. The maximum absolute atomic E-state index is 14.2. The number of hydrogen-bond donors (Lipinski definition) is 4. The summed E-state index contributed by atoms with van der Waals surface area (Å²) in [6.45, 7) is 4.50. The molecular weight excluding hydrogens is 477 g/mol. The molecule has 1 saturated heterocycles. The third-order valence-electron chi connectivity index (χ3n) is 7.46. The van der Waals surface area contributed by atoms with Gasteiger partial charge in [0.25, 0.3) is 0 Å². The summed E-state index contributed by atoms with van der Waals surface area (Å²) in [5.41, 5.74) is 2.41. The molecule has 4 heterocycles. The zero-order valence-electron chi connectivity index (χ0n) is 19.8. The third kappa shape index (κ3) is 3.82. The number of rotatable bonds is 3. The van der Waals surface area contributed by atoms with Crippen LogP contribution in [0.25, 0.3) is 0 Å². The Morgan fingerprint density at radius 1 is 1.17 bits per heavy atom. The first-order chi connectivity index (χ1) is 16.9. The highest BCUT2D eigenvalue weighted by molar-refractivity contribution is 6.28. The van der Waals surface area contributed by atoms with Gasteiger partial charge in [-0.2, -0.15) is 9.97 Å². The molecule has 190 valence electrons. The van der Waals surface area contributed by atoms with E-state index in [4.69, 9.17) is 16.3 Å². The number of aliphatic hydroxyl groups excluding tert-OH is 3. The lowest BCUT2D eigenvalue weighted by Gasteiger charge is -2.27. The molecule has 3 aliphatic heterocycles. The van der Waals surface area contributed by atoms with E-state index in [2.05, 4.69) is 20.2 Å². The molecule has 1 spiro atoms. The second-order valence-corrected chi connectivity index (χ2v) is 9.62. The van der Waals surface area contributed by atoms with Crippen LogP contribution in [-0.2, 0) is 10.2 Å². The predicted octanol–water partition coefficient (Wildman–Crippen LogP) is 2.89. The number of nitrogens with one attached hydrogen (secondary N) is 1. The van der Waals surface area contributed by atoms with Crippen molar-refractivity contribution in [2.24, 2.45) is 0 Å². The van der Waals surface area contributed by atoms with Gasteiger partial charge in [0.1, 0.15) is 29.8 Å². The van der Waals surface area contributed by atoms with Gasteiger partial charge in [0.15, 0.2) is 17.9 Å². The van der Waals surface area contributed by atoms with E-state index in [0.29, 0.717) is 23.9 Å². The van der Waals surface area contributed by atoms with Crippen molar-refractivity contribution < 1.29 is 24.4 Å². The van der Waals surface area contributed by atoms with Crippen LogP contribution < -0.4 is 15.1 Å². The van der Waals surface area contributed by atoms with Crippen molar-refractivity contribution in [1.82, 2.24) is 9.97 Å². The van der Waals surface area contributed by atoms with Gasteiger partial charge in [-0.1, -0.05) is 26.7 Å². The molecule has 2 fully saturated rings. The van der Waals surface area contributed by atoms with Gasteiger partial charge in [0.05, 0.1) is 13.3 Å². The van der Waals surface area contributed by atoms with Gasteiger partial charge < -0.3 is 35.2 Å². The van der Waals surface area contributed by atoms with Gasteiger partial charge in [-0.3, -0.25) is 0 Å². The monoisotopic (exact) mass is 507 g/mol. The Bertz CT molecular complexity index is 1100. The maximum atomic E-state index is 14.2. The summed E-state index contributed by atoms with van der Waals surface area (Å²) in [5.74, 6) is 0.772. The highest BCUT2D eigenvalue weighted by Crippen LogP contribution is 2.54. The molecule has 4 unspecified atom stereocenters. The standard InChI is InChI=1S/C22H25ClFN5O4.C2H6/c23-21-26-18(28-9-22(5-1-2-6-22)12-7-11(24)3-4-13(12)28)15-19(27-21)29(10-25-15)20-17(32)16(31)14(8-30)33-20;1-2/h3-4,7,14,16-17,20,25,30-32H,1-2,5-6,8-10H2;1-2H3. The van der Waals surface area contributed by atoms with Crippen LogP contribution in [0.15, 0.2) is 18.2 Å². The summed E-state index contributed by atoms with van der Waals surface area (Å²) in [6, 6.07) is 4.89. The summed E-state index contributed by atoms with van der Waals surface area (Å²) < 4.78 is 19.9. The molecule has 1 aromatic heterocycles. The summed E-state index contributed by atoms with van der Waals surface area (Å²) in [7, 11) is 0. The fraction of sp³-hybridized carbons (Fsp3) is 0.583. The minimum atomic E-state index is -1.23. The van der Waals surface area contributed by atoms with Gasteiger partial charge >= 0.3 is 0 Å². The number of benzene rings is 1. The van der Waals surface area contributed by atoms with E-state index in [1.54, 1.807) is 17.0 Å².